The van der Waals surface area contributed by atoms with Gasteiger partial charge in [-0.3, -0.25) is 4.79 Å². The normalized spacial score (nSPS) is 10.4. The predicted molar refractivity (Wildman–Crippen MR) is 100 cm³/mol. The summed E-state index contributed by atoms with van der Waals surface area (Å²) in [6.07, 6.45) is 0. The highest BCUT2D eigenvalue weighted by Gasteiger charge is 2.06. The Morgan fingerprint density at radius 3 is 1.96 bits per heavy atom. The number of hydrogen-bond acceptors (Lipinski definition) is 5. The van der Waals surface area contributed by atoms with Crippen molar-refractivity contribution in [1.82, 2.24) is 9.97 Å². The summed E-state index contributed by atoms with van der Waals surface area (Å²) >= 11 is 0. The van der Waals surface area contributed by atoms with Gasteiger partial charge in [-0.05, 0) is 43.3 Å². The standard InChI is InChI=1S/C19H17F2N5O/c1-11-22-18(25-14-5-3-13(4-6-14)24-12(2)27)10-19(23-11)26-15-7-8-16(20)17(21)9-15/h3-10H,1-2H3,(H,24,27)(H2,22,23,25,26). The van der Waals surface area contributed by atoms with Gasteiger partial charge in [0.25, 0.3) is 0 Å². The van der Waals surface area contributed by atoms with E-state index in [2.05, 4.69) is 25.9 Å². The van der Waals surface area contributed by atoms with E-state index in [-0.39, 0.29) is 5.91 Å². The molecule has 3 rings (SSSR count). The molecule has 0 saturated carbocycles. The number of hydrogen-bond donors (Lipinski definition) is 3. The minimum atomic E-state index is -0.941. The van der Waals surface area contributed by atoms with Crippen LogP contribution in [-0.4, -0.2) is 15.9 Å². The third-order valence-corrected chi connectivity index (χ3v) is 3.51. The lowest BCUT2D eigenvalue weighted by molar-refractivity contribution is -0.114. The summed E-state index contributed by atoms with van der Waals surface area (Å²) in [5, 5.41) is 8.75. The average molecular weight is 369 g/mol. The molecule has 0 atom stereocenters. The maximum absolute atomic E-state index is 13.4. The third kappa shape index (κ3) is 4.97. The largest absolute Gasteiger partial charge is 0.340 e. The van der Waals surface area contributed by atoms with Crippen LogP contribution in [0.4, 0.5) is 37.5 Å². The monoisotopic (exact) mass is 369 g/mol. The van der Waals surface area contributed by atoms with Crippen LogP contribution in [0, 0.1) is 18.6 Å². The number of halogens is 2. The summed E-state index contributed by atoms with van der Waals surface area (Å²) in [6.45, 7) is 3.17. The Morgan fingerprint density at radius 2 is 1.37 bits per heavy atom. The van der Waals surface area contributed by atoms with E-state index < -0.39 is 11.6 Å². The Morgan fingerprint density at radius 1 is 0.815 bits per heavy atom. The van der Waals surface area contributed by atoms with E-state index in [9.17, 15) is 13.6 Å². The molecule has 0 radical (unpaired) electrons. The zero-order valence-electron chi connectivity index (χ0n) is 14.7. The van der Waals surface area contributed by atoms with Crippen LogP contribution in [0.5, 0.6) is 0 Å². The second kappa shape index (κ2) is 7.77. The van der Waals surface area contributed by atoms with Gasteiger partial charge in [-0.1, -0.05) is 0 Å². The lowest BCUT2D eigenvalue weighted by Crippen LogP contribution is -2.05. The van der Waals surface area contributed by atoms with Crippen LogP contribution in [-0.2, 0) is 4.79 Å². The molecule has 3 N–H and O–H groups in total. The maximum atomic E-state index is 13.4. The first kappa shape index (κ1) is 18.2. The molecule has 1 aromatic heterocycles. The zero-order chi connectivity index (χ0) is 19.4. The summed E-state index contributed by atoms with van der Waals surface area (Å²) in [5.41, 5.74) is 1.83. The van der Waals surface area contributed by atoms with E-state index in [1.54, 1.807) is 37.3 Å². The molecule has 0 spiro atoms. The minimum absolute atomic E-state index is 0.143. The predicted octanol–water partition coefficient (Wildman–Crippen LogP) is 4.51. The number of carbonyl (C=O) groups is 1. The molecule has 0 saturated heterocycles. The van der Waals surface area contributed by atoms with E-state index in [4.69, 9.17) is 0 Å². The van der Waals surface area contributed by atoms with Crippen molar-refractivity contribution in [2.45, 2.75) is 13.8 Å². The maximum Gasteiger partial charge on any atom is 0.221 e. The third-order valence-electron chi connectivity index (χ3n) is 3.51. The van der Waals surface area contributed by atoms with Gasteiger partial charge in [0.2, 0.25) is 5.91 Å². The van der Waals surface area contributed by atoms with Gasteiger partial charge in [0.15, 0.2) is 11.6 Å². The van der Waals surface area contributed by atoms with Crippen LogP contribution in [0.25, 0.3) is 0 Å². The second-order valence-electron chi connectivity index (χ2n) is 5.82. The summed E-state index contributed by atoms with van der Waals surface area (Å²) in [5.74, 6) is -0.534. The van der Waals surface area contributed by atoms with Crippen molar-refractivity contribution in [3.63, 3.8) is 0 Å². The molecule has 3 aromatic rings. The number of aromatic nitrogens is 2. The lowest BCUT2D eigenvalue weighted by atomic mass is 10.2. The van der Waals surface area contributed by atoms with E-state index in [0.29, 0.717) is 28.8 Å². The molecule has 6 nitrogen and oxygen atoms in total. The van der Waals surface area contributed by atoms with E-state index >= 15 is 0 Å². The number of amides is 1. The Hall–Kier alpha value is -3.55. The van der Waals surface area contributed by atoms with Gasteiger partial charge in [-0.15, -0.1) is 0 Å². The smallest absolute Gasteiger partial charge is 0.221 e. The van der Waals surface area contributed by atoms with Gasteiger partial charge >= 0.3 is 0 Å². The molecule has 138 valence electrons. The fraction of sp³-hybridized carbons (Fsp3) is 0.105. The molecule has 27 heavy (non-hydrogen) atoms. The number of benzene rings is 2. The number of aryl methyl sites for hydroxylation is 1. The van der Waals surface area contributed by atoms with E-state index in [1.807, 2.05) is 0 Å². The van der Waals surface area contributed by atoms with Crippen LogP contribution in [0.3, 0.4) is 0 Å². The molecule has 0 unspecified atom stereocenters. The van der Waals surface area contributed by atoms with E-state index in [1.165, 1.54) is 13.0 Å². The summed E-state index contributed by atoms with van der Waals surface area (Å²) in [7, 11) is 0. The van der Waals surface area contributed by atoms with Crippen molar-refractivity contribution < 1.29 is 13.6 Å². The molecule has 8 heteroatoms. The fourth-order valence-electron chi connectivity index (χ4n) is 2.41. The van der Waals surface area contributed by atoms with Crippen molar-refractivity contribution in [3.05, 3.63) is 66.0 Å². The number of nitrogens with one attached hydrogen (secondary N) is 3. The number of nitrogens with zero attached hydrogens (tertiary/aromatic N) is 2. The molecular weight excluding hydrogens is 352 g/mol. The van der Waals surface area contributed by atoms with Crippen LogP contribution in [0.2, 0.25) is 0 Å². The Labute approximate surface area is 154 Å². The Balaban J connectivity index is 1.76. The van der Waals surface area contributed by atoms with Gasteiger partial charge < -0.3 is 16.0 Å². The van der Waals surface area contributed by atoms with Crippen LogP contribution < -0.4 is 16.0 Å². The Kier molecular flexibility index (Phi) is 5.25. The number of carbonyl (C=O) groups excluding carboxylic acids is 1. The van der Waals surface area contributed by atoms with Gasteiger partial charge in [0, 0.05) is 36.1 Å². The highest BCUT2D eigenvalue weighted by Crippen LogP contribution is 2.22. The molecule has 0 bridgehead atoms. The molecule has 0 aliphatic heterocycles. The molecule has 1 heterocycles. The first-order valence-corrected chi connectivity index (χ1v) is 8.11. The van der Waals surface area contributed by atoms with Gasteiger partial charge in [-0.2, -0.15) is 0 Å². The molecule has 0 aliphatic carbocycles. The molecule has 0 fully saturated rings. The quantitative estimate of drug-likeness (QED) is 0.617. The van der Waals surface area contributed by atoms with Crippen molar-refractivity contribution in [2.75, 3.05) is 16.0 Å². The Bertz CT molecular complexity index is 976. The van der Waals surface area contributed by atoms with Gasteiger partial charge in [0.05, 0.1) is 0 Å². The minimum Gasteiger partial charge on any atom is -0.340 e. The summed E-state index contributed by atoms with van der Waals surface area (Å²) < 4.78 is 26.4. The second-order valence-corrected chi connectivity index (χ2v) is 5.82. The average Bonchev–Trinajstić information content (AvgIpc) is 2.59. The molecule has 2 aromatic carbocycles. The number of rotatable bonds is 5. The van der Waals surface area contributed by atoms with Crippen molar-refractivity contribution in [1.29, 1.82) is 0 Å². The van der Waals surface area contributed by atoms with Crippen molar-refractivity contribution in [3.8, 4) is 0 Å². The van der Waals surface area contributed by atoms with E-state index in [0.717, 1.165) is 17.8 Å². The molecule has 1 amide bonds. The summed E-state index contributed by atoms with van der Waals surface area (Å²) in [4.78, 5) is 19.6. The number of anilines is 5. The molecule has 0 aliphatic rings. The van der Waals surface area contributed by atoms with Crippen LogP contribution in [0.15, 0.2) is 48.5 Å². The highest BCUT2D eigenvalue weighted by atomic mass is 19.2. The topological polar surface area (TPSA) is 78.9 Å². The SMILES string of the molecule is CC(=O)Nc1ccc(Nc2cc(Nc3ccc(F)c(F)c3)nc(C)n2)cc1. The van der Waals surface area contributed by atoms with Gasteiger partial charge in [0.1, 0.15) is 17.5 Å². The molecular formula is C19H17F2N5O. The van der Waals surface area contributed by atoms with Crippen molar-refractivity contribution in [2.24, 2.45) is 0 Å². The van der Waals surface area contributed by atoms with Crippen LogP contribution >= 0.6 is 0 Å². The summed E-state index contributed by atoms with van der Waals surface area (Å²) in [6, 6.07) is 12.3. The first-order valence-electron chi connectivity index (χ1n) is 8.11. The highest BCUT2D eigenvalue weighted by molar-refractivity contribution is 5.88. The van der Waals surface area contributed by atoms with Crippen molar-refractivity contribution >= 4 is 34.6 Å². The fourth-order valence-corrected chi connectivity index (χ4v) is 2.41. The van der Waals surface area contributed by atoms with Crippen LogP contribution in [0.1, 0.15) is 12.7 Å². The lowest BCUT2D eigenvalue weighted by Gasteiger charge is -2.11. The van der Waals surface area contributed by atoms with Gasteiger partial charge in [-0.25, -0.2) is 18.7 Å². The zero-order valence-corrected chi connectivity index (χ0v) is 14.7. The first-order chi connectivity index (χ1) is 12.9.